The van der Waals surface area contributed by atoms with Crippen LogP contribution < -0.4 is 4.90 Å². The molecular weight excluding hydrogens is 484 g/mol. The second-order valence-corrected chi connectivity index (χ2v) is 10.8. The van der Waals surface area contributed by atoms with Crippen LogP contribution in [0, 0.1) is 19.8 Å². The third kappa shape index (κ3) is 5.86. The van der Waals surface area contributed by atoms with E-state index in [1.54, 1.807) is 0 Å². The van der Waals surface area contributed by atoms with Crippen LogP contribution in [0.25, 0.3) is 11.5 Å². The number of aryl methyl sites for hydroxylation is 3. The average molecular weight is 521 g/mol. The highest BCUT2D eigenvalue weighted by molar-refractivity contribution is 6.30. The number of hydrogen-bond acceptors (Lipinski definition) is 5. The number of nitrogens with zero attached hydrogens (tertiary/aromatic N) is 4. The summed E-state index contributed by atoms with van der Waals surface area (Å²) >= 11 is 6.24. The first-order valence-electron chi connectivity index (χ1n) is 13.5. The molecule has 0 spiro atoms. The van der Waals surface area contributed by atoms with Gasteiger partial charge in [-0.2, -0.15) is 0 Å². The number of amides is 1. The molecule has 2 aliphatic rings. The van der Waals surface area contributed by atoms with Gasteiger partial charge in [0.2, 0.25) is 11.8 Å². The topological polar surface area (TPSA) is 52.8 Å². The van der Waals surface area contributed by atoms with Crippen molar-refractivity contribution >= 4 is 23.2 Å². The summed E-state index contributed by atoms with van der Waals surface area (Å²) in [5.74, 6) is 1.87. The molecule has 2 aromatic carbocycles. The van der Waals surface area contributed by atoms with E-state index in [4.69, 9.17) is 21.0 Å². The van der Waals surface area contributed by atoms with Gasteiger partial charge in [0.25, 0.3) is 0 Å². The molecule has 2 aliphatic heterocycles. The molecule has 1 atom stereocenters. The molecule has 37 heavy (non-hydrogen) atoms. The van der Waals surface area contributed by atoms with Gasteiger partial charge in [-0.1, -0.05) is 36.7 Å². The van der Waals surface area contributed by atoms with Crippen molar-refractivity contribution in [3.8, 4) is 11.5 Å². The van der Waals surface area contributed by atoms with Gasteiger partial charge in [-0.15, -0.1) is 0 Å². The molecule has 0 bridgehead atoms. The molecule has 1 amide bonds. The van der Waals surface area contributed by atoms with E-state index < -0.39 is 0 Å². The number of piperazine rings is 1. The van der Waals surface area contributed by atoms with Crippen LogP contribution in [0.2, 0.25) is 5.02 Å². The zero-order valence-corrected chi connectivity index (χ0v) is 22.9. The Hall–Kier alpha value is -2.83. The molecular formula is C30H37ClN4O2. The lowest BCUT2D eigenvalue weighted by Crippen LogP contribution is -2.52. The maximum Gasteiger partial charge on any atom is 0.227 e. The van der Waals surface area contributed by atoms with E-state index in [0.29, 0.717) is 18.3 Å². The van der Waals surface area contributed by atoms with Crippen molar-refractivity contribution in [2.45, 2.75) is 46.6 Å². The highest BCUT2D eigenvalue weighted by atomic mass is 35.5. The van der Waals surface area contributed by atoms with Crippen LogP contribution in [-0.2, 0) is 17.8 Å². The minimum absolute atomic E-state index is 0.0430. The van der Waals surface area contributed by atoms with Crippen LogP contribution in [0.1, 0.15) is 42.3 Å². The SMILES string of the molecule is CCc1ccc(-c2nc(CN3CCC[C@H](C(=O)N4CCN(c5cc(Cl)ccc5C)CC4)C3)c(C)o2)cc1. The standard InChI is InChI=1S/C30H37ClN4O2/c1-4-23-8-10-24(11-9-23)29-32-27(22(3)37-29)20-33-13-5-6-25(19-33)30(36)35-16-14-34(15-17-35)28-18-26(31)12-7-21(28)2/h7-12,18,25H,4-6,13-17,19-20H2,1-3H3/t25-/m0/s1. The van der Waals surface area contributed by atoms with E-state index in [1.165, 1.54) is 16.8 Å². The third-order valence-corrected chi connectivity index (χ3v) is 8.07. The Morgan fingerprint density at radius 1 is 1.05 bits per heavy atom. The number of benzene rings is 2. The fourth-order valence-corrected chi connectivity index (χ4v) is 5.71. The highest BCUT2D eigenvalue weighted by Gasteiger charge is 2.32. The van der Waals surface area contributed by atoms with Gasteiger partial charge < -0.3 is 14.2 Å². The van der Waals surface area contributed by atoms with Crippen molar-refractivity contribution in [1.82, 2.24) is 14.8 Å². The zero-order chi connectivity index (χ0) is 25.9. The summed E-state index contributed by atoms with van der Waals surface area (Å²) < 4.78 is 6.02. The van der Waals surface area contributed by atoms with Crippen molar-refractivity contribution < 1.29 is 9.21 Å². The van der Waals surface area contributed by atoms with Gasteiger partial charge in [-0.3, -0.25) is 9.69 Å². The number of halogens is 1. The summed E-state index contributed by atoms with van der Waals surface area (Å²) in [6, 6.07) is 14.4. The molecule has 7 heteroatoms. The predicted octanol–water partition coefficient (Wildman–Crippen LogP) is 5.74. The summed E-state index contributed by atoms with van der Waals surface area (Å²) in [6.07, 6.45) is 3.00. The molecule has 1 aromatic heterocycles. The van der Waals surface area contributed by atoms with Crippen molar-refractivity contribution in [3.63, 3.8) is 0 Å². The quantitative estimate of drug-likeness (QED) is 0.415. The number of rotatable bonds is 6. The molecule has 6 nitrogen and oxygen atoms in total. The van der Waals surface area contributed by atoms with E-state index in [-0.39, 0.29) is 5.92 Å². The van der Waals surface area contributed by atoms with E-state index in [1.807, 2.05) is 19.1 Å². The lowest BCUT2D eigenvalue weighted by Gasteiger charge is -2.40. The summed E-state index contributed by atoms with van der Waals surface area (Å²) in [6.45, 7) is 11.9. The van der Waals surface area contributed by atoms with Crippen LogP contribution in [0.4, 0.5) is 5.69 Å². The smallest absolute Gasteiger partial charge is 0.227 e. The molecule has 2 saturated heterocycles. The van der Waals surface area contributed by atoms with E-state index in [0.717, 1.165) is 80.6 Å². The number of hydrogen-bond donors (Lipinski definition) is 0. The number of oxazole rings is 1. The fourth-order valence-electron chi connectivity index (χ4n) is 5.54. The van der Waals surface area contributed by atoms with Crippen LogP contribution in [0.3, 0.4) is 0 Å². The summed E-state index contributed by atoms with van der Waals surface area (Å²) in [5.41, 5.74) is 5.67. The molecule has 2 fully saturated rings. The molecule has 0 aliphatic carbocycles. The first kappa shape index (κ1) is 25.8. The van der Waals surface area contributed by atoms with Crippen molar-refractivity contribution in [1.29, 1.82) is 0 Å². The second-order valence-electron chi connectivity index (χ2n) is 10.4. The molecule has 196 valence electrons. The van der Waals surface area contributed by atoms with E-state index in [9.17, 15) is 4.79 Å². The lowest BCUT2D eigenvalue weighted by atomic mass is 9.96. The Bertz CT molecular complexity index is 1230. The van der Waals surface area contributed by atoms with E-state index in [2.05, 4.69) is 58.9 Å². The first-order chi connectivity index (χ1) is 17.9. The molecule has 0 unspecified atom stereocenters. The molecule has 3 aromatic rings. The Labute approximate surface area is 225 Å². The lowest BCUT2D eigenvalue weighted by molar-refractivity contribution is -0.137. The summed E-state index contributed by atoms with van der Waals surface area (Å²) in [5, 5.41) is 0.755. The third-order valence-electron chi connectivity index (χ3n) is 7.83. The summed E-state index contributed by atoms with van der Waals surface area (Å²) in [7, 11) is 0. The molecule has 3 heterocycles. The molecule has 0 radical (unpaired) electrons. The number of likely N-dealkylation sites (tertiary alicyclic amines) is 1. The maximum atomic E-state index is 13.4. The Morgan fingerprint density at radius 3 is 2.54 bits per heavy atom. The Balaban J connectivity index is 1.18. The Kier molecular flexibility index (Phi) is 7.87. The zero-order valence-electron chi connectivity index (χ0n) is 22.2. The number of anilines is 1. The second kappa shape index (κ2) is 11.3. The Morgan fingerprint density at radius 2 is 1.81 bits per heavy atom. The van der Waals surface area contributed by atoms with Gasteiger partial charge in [0.15, 0.2) is 0 Å². The van der Waals surface area contributed by atoms with Gasteiger partial charge in [-0.25, -0.2) is 4.98 Å². The number of piperidine rings is 1. The van der Waals surface area contributed by atoms with Crippen LogP contribution in [-0.4, -0.2) is 60.0 Å². The van der Waals surface area contributed by atoms with Gasteiger partial charge in [0.05, 0.1) is 11.6 Å². The minimum atomic E-state index is 0.0430. The average Bonchev–Trinajstić information content (AvgIpc) is 3.29. The minimum Gasteiger partial charge on any atom is -0.441 e. The van der Waals surface area contributed by atoms with Gasteiger partial charge in [-0.05, 0) is 75.0 Å². The van der Waals surface area contributed by atoms with Crippen molar-refractivity contribution in [3.05, 3.63) is 70.1 Å². The predicted molar refractivity (Wildman–Crippen MR) is 149 cm³/mol. The number of carbonyl (C=O) groups excluding carboxylic acids is 1. The number of aromatic nitrogens is 1. The van der Waals surface area contributed by atoms with Crippen molar-refractivity contribution in [2.24, 2.45) is 5.92 Å². The number of carbonyl (C=O) groups is 1. The fraction of sp³-hybridized carbons (Fsp3) is 0.467. The van der Waals surface area contributed by atoms with Gasteiger partial charge in [0.1, 0.15) is 5.76 Å². The van der Waals surface area contributed by atoms with Crippen LogP contribution in [0.15, 0.2) is 46.9 Å². The normalized spacial score (nSPS) is 18.9. The first-order valence-corrected chi connectivity index (χ1v) is 13.9. The molecule has 0 N–H and O–H groups in total. The summed E-state index contributed by atoms with van der Waals surface area (Å²) in [4.78, 5) is 25.0. The van der Waals surface area contributed by atoms with E-state index >= 15 is 0 Å². The van der Waals surface area contributed by atoms with Crippen LogP contribution in [0.5, 0.6) is 0 Å². The van der Waals surface area contributed by atoms with Gasteiger partial charge >= 0.3 is 0 Å². The molecule has 5 rings (SSSR count). The van der Waals surface area contributed by atoms with Gasteiger partial charge in [0, 0.05) is 55.5 Å². The van der Waals surface area contributed by atoms with Crippen LogP contribution >= 0.6 is 11.6 Å². The monoisotopic (exact) mass is 520 g/mol. The highest BCUT2D eigenvalue weighted by Crippen LogP contribution is 2.28. The maximum absolute atomic E-state index is 13.4. The largest absolute Gasteiger partial charge is 0.441 e. The molecule has 0 saturated carbocycles. The van der Waals surface area contributed by atoms with Crippen molar-refractivity contribution in [2.75, 3.05) is 44.2 Å².